The predicted octanol–water partition coefficient (Wildman–Crippen LogP) is 0.611. The van der Waals surface area contributed by atoms with E-state index in [1.165, 1.54) is 0 Å². The van der Waals surface area contributed by atoms with E-state index in [9.17, 15) is 9.59 Å². The van der Waals surface area contributed by atoms with Crippen molar-refractivity contribution in [3.05, 3.63) is 23.9 Å². The van der Waals surface area contributed by atoms with E-state index in [0.717, 1.165) is 45.0 Å². The molecule has 7 nitrogen and oxygen atoms in total. The summed E-state index contributed by atoms with van der Waals surface area (Å²) in [6.07, 6.45) is 2.48. The molecule has 24 heavy (non-hydrogen) atoms. The van der Waals surface area contributed by atoms with E-state index in [0.29, 0.717) is 12.2 Å². The summed E-state index contributed by atoms with van der Waals surface area (Å²) in [5.41, 5.74) is 0.471. The van der Waals surface area contributed by atoms with E-state index in [1.807, 2.05) is 18.0 Å². The zero-order valence-corrected chi connectivity index (χ0v) is 14.3. The Hall–Kier alpha value is -2.15. The second-order valence-electron chi connectivity index (χ2n) is 6.21. The second-order valence-corrected chi connectivity index (χ2v) is 6.21. The SMILES string of the molecule is CCOC(=O)c1ccc(N2CCN(C3CCN(C)C3=O)CC2)nc1. The summed E-state index contributed by atoms with van der Waals surface area (Å²) in [5, 5.41) is 0. The maximum absolute atomic E-state index is 12.1. The van der Waals surface area contributed by atoms with Crippen LogP contribution in [0.5, 0.6) is 0 Å². The van der Waals surface area contributed by atoms with Crippen molar-refractivity contribution in [3.63, 3.8) is 0 Å². The van der Waals surface area contributed by atoms with Crippen LogP contribution in [0.4, 0.5) is 5.82 Å². The molecule has 1 aromatic rings. The minimum absolute atomic E-state index is 0.0382. The highest BCUT2D eigenvalue weighted by Crippen LogP contribution is 2.20. The Morgan fingerprint density at radius 1 is 1.25 bits per heavy atom. The molecule has 1 unspecified atom stereocenters. The fourth-order valence-electron chi connectivity index (χ4n) is 3.31. The highest BCUT2D eigenvalue weighted by atomic mass is 16.5. The minimum atomic E-state index is -0.342. The second kappa shape index (κ2) is 7.17. The normalized spacial score (nSPS) is 22.1. The molecule has 1 atom stereocenters. The van der Waals surface area contributed by atoms with Crippen LogP contribution in [-0.2, 0) is 9.53 Å². The van der Waals surface area contributed by atoms with Crippen LogP contribution < -0.4 is 4.90 Å². The highest BCUT2D eigenvalue weighted by molar-refractivity contribution is 5.89. The first kappa shape index (κ1) is 16.7. The monoisotopic (exact) mass is 332 g/mol. The van der Waals surface area contributed by atoms with Gasteiger partial charge in [0.05, 0.1) is 18.2 Å². The number of amides is 1. The number of anilines is 1. The van der Waals surface area contributed by atoms with Gasteiger partial charge in [0.2, 0.25) is 5.91 Å². The summed E-state index contributed by atoms with van der Waals surface area (Å²) in [4.78, 5) is 34.4. The molecular formula is C17H24N4O3. The number of likely N-dealkylation sites (N-methyl/N-ethyl adjacent to an activating group) is 1. The summed E-state index contributed by atoms with van der Waals surface area (Å²) in [5.74, 6) is 0.753. The van der Waals surface area contributed by atoms with Gasteiger partial charge in [0.25, 0.3) is 0 Å². The molecule has 0 saturated carbocycles. The van der Waals surface area contributed by atoms with Gasteiger partial charge < -0.3 is 14.5 Å². The maximum Gasteiger partial charge on any atom is 0.339 e. The van der Waals surface area contributed by atoms with E-state index < -0.39 is 0 Å². The van der Waals surface area contributed by atoms with Crippen molar-refractivity contribution >= 4 is 17.7 Å². The summed E-state index contributed by atoms with van der Waals surface area (Å²) < 4.78 is 4.97. The Morgan fingerprint density at radius 2 is 2.00 bits per heavy atom. The third-order valence-corrected chi connectivity index (χ3v) is 4.74. The van der Waals surface area contributed by atoms with E-state index in [2.05, 4.69) is 14.8 Å². The van der Waals surface area contributed by atoms with Crippen molar-refractivity contribution < 1.29 is 14.3 Å². The van der Waals surface area contributed by atoms with Gasteiger partial charge >= 0.3 is 5.97 Å². The molecule has 0 N–H and O–H groups in total. The van der Waals surface area contributed by atoms with Gasteiger partial charge in [-0.15, -0.1) is 0 Å². The molecule has 1 amide bonds. The van der Waals surface area contributed by atoms with Crippen molar-refractivity contribution in [2.75, 3.05) is 51.3 Å². The molecule has 2 fully saturated rings. The molecule has 7 heteroatoms. The molecule has 0 spiro atoms. The molecule has 0 radical (unpaired) electrons. The van der Waals surface area contributed by atoms with Crippen molar-refractivity contribution in [1.29, 1.82) is 0 Å². The summed E-state index contributed by atoms with van der Waals surface area (Å²) in [7, 11) is 1.87. The molecule has 0 bridgehead atoms. The first-order valence-electron chi connectivity index (χ1n) is 8.47. The highest BCUT2D eigenvalue weighted by Gasteiger charge is 2.35. The standard InChI is InChI=1S/C17H24N4O3/c1-3-24-17(23)13-4-5-15(18-12-13)21-10-8-20(9-11-21)14-6-7-19(2)16(14)22/h4-5,12,14H,3,6-11H2,1-2H3. The third kappa shape index (κ3) is 3.36. The van der Waals surface area contributed by atoms with Crippen LogP contribution in [-0.4, -0.2) is 79.1 Å². The number of esters is 1. The number of likely N-dealkylation sites (tertiary alicyclic amines) is 1. The maximum atomic E-state index is 12.1. The van der Waals surface area contributed by atoms with Crippen LogP contribution in [0.2, 0.25) is 0 Å². The Morgan fingerprint density at radius 3 is 2.54 bits per heavy atom. The van der Waals surface area contributed by atoms with E-state index >= 15 is 0 Å². The number of hydrogen-bond donors (Lipinski definition) is 0. The topological polar surface area (TPSA) is 66.0 Å². The van der Waals surface area contributed by atoms with Gasteiger partial charge in [-0.3, -0.25) is 9.69 Å². The Balaban J connectivity index is 1.57. The van der Waals surface area contributed by atoms with Gasteiger partial charge in [-0.25, -0.2) is 9.78 Å². The molecule has 130 valence electrons. The van der Waals surface area contributed by atoms with Gasteiger partial charge in [0, 0.05) is 46.0 Å². The lowest BCUT2D eigenvalue weighted by atomic mass is 10.1. The molecule has 2 aliphatic rings. The number of pyridine rings is 1. The third-order valence-electron chi connectivity index (χ3n) is 4.74. The largest absolute Gasteiger partial charge is 0.462 e. The van der Waals surface area contributed by atoms with Crippen LogP contribution in [0.15, 0.2) is 18.3 Å². The Labute approximate surface area is 142 Å². The van der Waals surface area contributed by atoms with Gasteiger partial charge in [-0.05, 0) is 25.5 Å². The Kier molecular flexibility index (Phi) is 4.99. The van der Waals surface area contributed by atoms with Crippen LogP contribution in [0.1, 0.15) is 23.7 Å². The summed E-state index contributed by atoms with van der Waals surface area (Å²) in [6, 6.07) is 3.65. The first-order chi connectivity index (χ1) is 11.6. The summed E-state index contributed by atoms with van der Waals surface area (Å²) in [6.45, 7) is 6.36. The minimum Gasteiger partial charge on any atom is -0.462 e. The van der Waals surface area contributed by atoms with Crippen LogP contribution in [0, 0.1) is 0 Å². The predicted molar refractivity (Wildman–Crippen MR) is 90.0 cm³/mol. The van der Waals surface area contributed by atoms with Crippen LogP contribution in [0.3, 0.4) is 0 Å². The summed E-state index contributed by atoms with van der Waals surface area (Å²) >= 11 is 0. The van der Waals surface area contributed by atoms with Gasteiger partial charge in [-0.1, -0.05) is 0 Å². The van der Waals surface area contributed by atoms with E-state index in [-0.39, 0.29) is 17.9 Å². The fourth-order valence-corrected chi connectivity index (χ4v) is 3.31. The number of ether oxygens (including phenoxy) is 1. The number of nitrogens with zero attached hydrogens (tertiary/aromatic N) is 4. The van der Waals surface area contributed by atoms with Gasteiger partial charge in [-0.2, -0.15) is 0 Å². The number of carbonyl (C=O) groups is 2. The molecule has 1 aromatic heterocycles. The van der Waals surface area contributed by atoms with Crippen molar-refractivity contribution in [3.8, 4) is 0 Å². The molecule has 0 aliphatic carbocycles. The molecular weight excluding hydrogens is 308 g/mol. The van der Waals surface area contributed by atoms with Gasteiger partial charge in [0.1, 0.15) is 5.82 Å². The quantitative estimate of drug-likeness (QED) is 0.753. The molecule has 3 rings (SSSR count). The first-order valence-corrected chi connectivity index (χ1v) is 8.47. The van der Waals surface area contributed by atoms with Crippen LogP contribution >= 0.6 is 0 Å². The van der Waals surface area contributed by atoms with Crippen molar-refractivity contribution in [2.24, 2.45) is 0 Å². The van der Waals surface area contributed by atoms with Crippen LogP contribution in [0.25, 0.3) is 0 Å². The average Bonchev–Trinajstić information content (AvgIpc) is 2.95. The fraction of sp³-hybridized carbons (Fsp3) is 0.588. The molecule has 2 saturated heterocycles. The molecule has 3 heterocycles. The molecule has 2 aliphatic heterocycles. The van der Waals surface area contributed by atoms with E-state index in [1.54, 1.807) is 19.2 Å². The Bertz CT molecular complexity index is 596. The number of piperazine rings is 1. The van der Waals surface area contributed by atoms with E-state index in [4.69, 9.17) is 4.74 Å². The number of hydrogen-bond acceptors (Lipinski definition) is 6. The zero-order chi connectivity index (χ0) is 17.1. The lowest BCUT2D eigenvalue weighted by Crippen LogP contribution is -2.52. The smallest absolute Gasteiger partial charge is 0.339 e. The zero-order valence-electron chi connectivity index (χ0n) is 14.3. The number of carbonyl (C=O) groups excluding carboxylic acids is 2. The molecule has 0 aromatic carbocycles. The lowest BCUT2D eigenvalue weighted by Gasteiger charge is -2.37. The van der Waals surface area contributed by atoms with Crippen molar-refractivity contribution in [2.45, 2.75) is 19.4 Å². The average molecular weight is 332 g/mol. The lowest BCUT2D eigenvalue weighted by molar-refractivity contribution is -0.131. The number of rotatable bonds is 4. The van der Waals surface area contributed by atoms with Crippen molar-refractivity contribution in [1.82, 2.24) is 14.8 Å². The van der Waals surface area contributed by atoms with Gasteiger partial charge in [0.15, 0.2) is 0 Å². The number of aromatic nitrogens is 1.